The van der Waals surface area contributed by atoms with Gasteiger partial charge >= 0.3 is 5.97 Å². The summed E-state index contributed by atoms with van der Waals surface area (Å²) in [6, 6.07) is -0.789. The smallest absolute Gasteiger partial charge is 0.302 e. The van der Waals surface area contributed by atoms with Crippen molar-refractivity contribution in [3.05, 3.63) is 15.3 Å². The monoisotopic (exact) mass is 262 g/mol. The van der Waals surface area contributed by atoms with Crippen LogP contribution in [0.15, 0.2) is 10.3 Å². The number of hydrogen-bond donors (Lipinski definition) is 0. The number of hydrogen-bond acceptors (Lipinski definition) is 6. The number of rotatable bonds is 4. The Balaban J connectivity index is 2.73. The first-order valence-corrected chi connectivity index (χ1v) is 5.32. The summed E-state index contributed by atoms with van der Waals surface area (Å²) in [6.07, 6.45) is -1.19. The Morgan fingerprint density at radius 3 is 2.94 bits per heavy atom. The predicted octanol–water partition coefficient (Wildman–Crippen LogP) is 1.72. The molecule has 0 unspecified atom stereocenters. The molecular weight excluding hydrogens is 252 g/mol. The summed E-state index contributed by atoms with van der Waals surface area (Å²) >= 11 is 5.77. The van der Waals surface area contributed by atoms with Crippen LogP contribution in [0.4, 0.5) is 0 Å². The van der Waals surface area contributed by atoms with E-state index in [-0.39, 0.29) is 13.0 Å². The van der Waals surface area contributed by atoms with E-state index >= 15 is 0 Å². The molecule has 9 heteroatoms. The molecule has 0 aliphatic carbocycles. The van der Waals surface area contributed by atoms with Gasteiger partial charge in [0.25, 0.3) is 0 Å². The van der Waals surface area contributed by atoms with E-state index < -0.39 is 29.8 Å². The minimum atomic E-state index is -0.904. The van der Waals surface area contributed by atoms with Crippen molar-refractivity contribution in [1.82, 2.24) is 0 Å². The first-order chi connectivity index (χ1) is 8.08. The Bertz CT molecular complexity index is 346. The SMILES string of the molecule is CC(=O)O[C@H]1C[C@@H](N=O)[C@@H](Cl)O[C@@H]1CN=[N+]=[N-]. The molecule has 94 valence electrons. The van der Waals surface area contributed by atoms with Crippen LogP contribution in [0.3, 0.4) is 0 Å². The minimum absolute atomic E-state index is 0.0246. The molecule has 8 nitrogen and oxygen atoms in total. The Morgan fingerprint density at radius 1 is 1.71 bits per heavy atom. The van der Waals surface area contributed by atoms with Gasteiger partial charge in [-0.1, -0.05) is 21.9 Å². The van der Waals surface area contributed by atoms with Gasteiger partial charge in [-0.3, -0.25) is 4.79 Å². The zero-order valence-corrected chi connectivity index (χ0v) is 9.78. The molecule has 0 aromatic rings. The van der Waals surface area contributed by atoms with Crippen LogP contribution >= 0.6 is 11.6 Å². The molecule has 0 aromatic heterocycles. The van der Waals surface area contributed by atoms with Gasteiger partial charge in [-0.2, -0.15) is 4.91 Å². The number of alkyl halides is 1. The van der Waals surface area contributed by atoms with Gasteiger partial charge in [0.1, 0.15) is 18.2 Å². The second-order valence-corrected chi connectivity index (χ2v) is 3.93. The third kappa shape index (κ3) is 3.85. The maximum absolute atomic E-state index is 10.9. The zero-order valence-electron chi connectivity index (χ0n) is 9.02. The Hall–Kier alpha value is -1.37. The molecule has 0 aromatic carbocycles. The second kappa shape index (κ2) is 6.39. The molecular formula is C8H11ClN4O4. The lowest BCUT2D eigenvalue weighted by Crippen LogP contribution is -2.47. The fraction of sp³-hybridized carbons (Fsp3) is 0.875. The summed E-state index contributed by atoms with van der Waals surface area (Å²) in [4.78, 5) is 24.0. The number of azide groups is 1. The van der Waals surface area contributed by atoms with Gasteiger partial charge < -0.3 is 9.47 Å². The largest absolute Gasteiger partial charge is 0.460 e. The number of carbonyl (C=O) groups is 1. The highest BCUT2D eigenvalue weighted by atomic mass is 35.5. The second-order valence-electron chi connectivity index (χ2n) is 3.50. The number of nitroso groups, excluding NO2 is 1. The van der Waals surface area contributed by atoms with Crippen LogP contribution in [0.25, 0.3) is 10.4 Å². The molecule has 17 heavy (non-hydrogen) atoms. The molecule has 0 bridgehead atoms. The summed E-state index contributed by atoms with van der Waals surface area (Å²) in [6.45, 7) is 1.21. The van der Waals surface area contributed by atoms with Crippen LogP contribution < -0.4 is 0 Å². The van der Waals surface area contributed by atoms with Crippen molar-refractivity contribution in [3.63, 3.8) is 0 Å². The van der Waals surface area contributed by atoms with Crippen LogP contribution in [0.5, 0.6) is 0 Å². The van der Waals surface area contributed by atoms with Crippen LogP contribution in [0, 0.1) is 4.91 Å². The highest BCUT2D eigenvalue weighted by Crippen LogP contribution is 2.27. The summed E-state index contributed by atoms with van der Waals surface area (Å²) in [5.74, 6) is -0.512. The lowest BCUT2D eigenvalue weighted by atomic mass is 10.0. The average Bonchev–Trinajstić information content (AvgIpc) is 2.28. The Kier molecular flexibility index (Phi) is 5.14. The van der Waals surface area contributed by atoms with Crippen molar-refractivity contribution in [2.75, 3.05) is 6.54 Å². The molecule has 0 saturated carbocycles. The lowest BCUT2D eigenvalue weighted by Gasteiger charge is -2.35. The lowest BCUT2D eigenvalue weighted by molar-refractivity contribution is -0.164. The van der Waals surface area contributed by atoms with Crippen molar-refractivity contribution < 1.29 is 14.3 Å². The average molecular weight is 263 g/mol. The molecule has 1 heterocycles. The Labute approximate surface area is 102 Å². The van der Waals surface area contributed by atoms with Crippen molar-refractivity contribution in [1.29, 1.82) is 0 Å². The predicted molar refractivity (Wildman–Crippen MR) is 58.3 cm³/mol. The fourth-order valence-electron chi connectivity index (χ4n) is 1.55. The number of nitrogens with zero attached hydrogens (tertiary/aromatic N) is 4. The molecule has 1 aliphatic heterocycles. The normalized spacial score (nSPS) is 32.4. The first-order valence-electron chi connectivity index (χ1n) is 4.88. The summed E-state index contributed by atoms with van der Waals surface area (Å²) in [7, 11) is 0. The van der Waals surface area contributed by atoms with E-state index in [4.69, 9.17) is 26.6 Å². The van der Waals surface area contributed by atoms with Gasteiger partial charge in [-0.05, 0) is 5.53 Å². The Morgan fingerprint density at radius 2 is 2.41 bits per heavy atom. The van der Waals surface area contributed by atoms with Crippen molar-refractivity contribution >= 4 is 17.6 Å². The van der Waals surface area contributed by atoms with Gasteiger partial charge in [0.2, 0.25) is 0 Å². The highest BCUT2D eigenvalue weighted by molar-refractivity contribution is 6.20. The van der Waals surface area contributed by atoms with Crippen LogP contribution in [0.1, 0.15) is 13.3 Å². The van der Waals surface area contributed by atoms with E-state index in [9.17, 15) is 9.70 Å². The molecule has 0 N–H and O–H groups in total. The van der Waals surface area contributed by atoms with E-state index in [1.165, 1.54) is 6.92 Å². The van der Waals surface area contributed by atoms with Gasteiger partial charge in [-0.25, -0.2) is 0 Å². The minimum Gasteiger partial charge on any atom is -0.460 e. The number of esters is 1. The first kappa shape index (κ1) is 13.7. The number of halogens is 1. The fourth-order valence-corrected chi connectivity index (χ4v) is 1.83. The van der Waals surface area contributed by atoms with E-state index in [2.05, 4.69) is 15.2 Å². The maximum Gasteiger partial charge on any atom is 0.302 e. The molecule has 0 amide bonds. The maximum atomic E-state index is 10.9. The molecule has 0 radical (unpaired) electrons. The molecule has 4 atom stereocenters. The van der Waals surface area contributed by atoms with Gasteiger partial charge in [0.15, 0.2) is 5.56 Å². The third-order valence-electron chi connectivity index (χ3n) is 2.27. The number of ether oxygens (including phenoxy) is 2. The van der Waals surface area contributed by atoms with Gasteiger partial charge in [-0.15, -0.1) is 0 Å². The van der Waals surface area contributed by atoms with Crippen LogP contribution in [0.2, 0.25) is 0 Å². The van der Waals surface area contributed by atoms with Gasteiger partial charge in [0, 0.05) is 18.3 Å². The third-order valence-corrected chi connectivity index (χ3v) is 2.67. The molecule has 0 spiro atoms. The van der Waals surface area contributed by atoms with Crippen molar-refractivity contribution in [3.8, 4) is 0 Å². The quantitative estimate of drug-likeness (QED) is 0.192. The molecule has 1 aliphatic rings. The number of carbonyl (C=O) groups excluding carboxylic acids is 1. The standard InChI is InChI=1S/C8H11ClN4O4/c1-4(14)16-6-2-5(12-15)8(9)17-7(6)3-11-13-10/h5-8H,2-3H2,1H3/t5-,6+,7-,8+/m1/s1. The van der Waals surface area contributed by atoms with E-state index in [1.54, 1.807) is 0 Å². The topological polar surface area (TPSA) is 114 Å². The summed E-state index contributed by atoms with van der Waals surface area (Å²) in [5.41, 5.74) is 7.32. The molecule has 1 rings (SSSR count). The van der Waals surface area contributed by atoms with Crippen molar-refractivity contribution in [2.45, 2.75) is 37.2 Å². The summed E-state index contributed by atoms with van der Waals surface area (Å²) < 4.78 is 10.2. The van der Waals surface area contributed by atoms with E-state index in [1.807, 2.05) is 0 Å². The summed E-state index contributed by atoms with van der Waals surface area (Å²) in [5, 5.41) is 6.13. The molecule has 1 fully saturated rings. The zero-order chi connectivity index (χ0) is 12.8. The molecule has 1 saturated heterocycles. The highest BCUT2D eigenvalue weighted by Gasteiger charge is 2.39. The van der Waals surface area contributed by atoms with Crippen LogP contribution in [-0.2, 0) is 14.3 Å². The van der Waals surface area contributed by atoms with Crippen LogP contribution in [-0.4, -0.2) is 36.3 Å². The van der Waals surface area contributed by atoms with E-state index in [0.29, 0.717) is 0 Å². The van der Waals surface area contributed by atoms with Gasteiger partial charge in [0.05, 0.1) is 6.54 Å². The van der Waals surface area contributed by atoms with E-state index in [0.717, 1.165) is 0 Å². The van der Waals surface area contributed by atoms with Crippen molar-refractivity contribution in [2.24, 2.45) is 10.3 Å².